The van der Waals surface area contributed by atoms with Crippen LogP contribution in [0, 0.1) is 5.92 Å². The molecule has 1 aromatic heterocycles. The number of rotatable bonds is 6. The summed E-state index contributed by atoms with van der Waals surface area (Å²) in [5, 5.41) is 4.44. The van der Waals surface area contributed by atoms with Crippen molar-refractivity contribution in [1.29, 1.82) is 0 Å². The largest absolute Gasteiger partial charge is 0.493 e. The van der Waals surface area contributed by atoms with Crippen LogP contribution in [0.4, 0.5) is 5.69 Å². The molecule has 8 nitrogen and oxygen atoms in total. The Hall–Kier alpha value is -3.68. The van der Waals surface area contributed by atoms with Crippen LogP contribution < -0.4 is 24.4 Å². The van der Waals surface area contributed by atoms with Gasteiger partial charge in [-0.1, -0.05) is 18.2 Å². The number of hydrogen-bond donors (Lipinski definition) is 2. The minimum Gasteiger partial charge on any atom is -0.493 e. The standard InChI is InChI=1S/C26H29N3O5/c1-32-21-12-16(13-22(33-2)25(21)34-3)29-14-15(11-23(29)30)26(31)28-20-10-6-8-18-17-7-4-5-9-19(17)27-24(18)20/h4-5,7,9,12-13,15,20,27H,6,8,10-11,14H2,1-3H3,(H,28,31)/t15-,20-/m1/s1. The lowest BCUT2D eigenvalue weighted by molar-refractivity contribution is -0.127. The van der Waals surface area contributed by atoms with E-state index < -0.39 is 5.92 Å². The smallest absolute Gasteiger partial charge is 0.227 e. The van der Waals surface area contributed by atoms with E-state index >= 15 is 0 Å². The molecule has 34 heavy (non-hydrogen) atoms. The number of aromatic amines is 1. The van der Waals surface area contributed by atoms with Crippen LogP contribution in [0.5, 0.6) is 17.2 Å². The van der Waals surface area contributed by atoms with Crippen molar-refractivity contribution in [2.45, 2.75) is 31.7 Å². The molecule has 5 rings (SSSR count). The van der Waals surface area contributed by atoms with Crippen molar-refractivity contribution in [1.82, 2.24) is 10.3 Å². The maximum absolute atomic E-state index is 13.2. The molecule has 2 aromatic carbocycles. The molecule has 0 radical (unpaired) electrons. The van der Waals surface area contributed by atoms with Gasteiger partial charge in [-0.3, -0.25) is 9.59 Å². The van der Waals surface area contributed by atoms with Gasteiger partial charge >= 0.3 is 0 Å². The fraction of sp³-hybridized carbons (Fsp3) is 0.385. The number of aryl methyl sites for hydroxylation is 1. The number of ether oxygens (including phenoxy) is 3. The third-order valence-electron chi connectivity index (χ3n) is 6.89. The molecule has 1 aliphatic carbocycles. The van der Waals surface area contributed by atoms with E-state index in [4.69, 9.17) is 14.2 Å². The summed E-state index contributed by atoms with van der Waals surface area (Å²) in [5.74, 6) is 0.754. The first-order valence-corrected chi connectivity index (χ1v) is 11.5. The second kappa shape index (κ2) is 8.93. The van der Waals surface area contributed by atoms with Crippen molar-refractivity contribution in [3.05, 3.63) is 47.7 Å². The molecule has 3 aromatic rings. The second-order valence-corrected chi connectivity index (χ2v) is 8.81. The van der Waals surface area contributed by atoms with Gasteiger partial charge in [-0.15, -0.1) is 0 Å². The van der Waals surface area contributed by atoms with E-state index in [0.717, 1.165) is 30.5 Å². The van der Waals surface area contributed by atoms with E-state index in [-0.39, 0.29) is 24.3 Å². The van der Waals surface area contributed by atoms with E-state index in [2.05, 4.69) is 22.4 Å². The van der Waals surface area contributed by atoms with Crippen molar-refractivity contribution in [2.75, 3.05) is 32.8 Å². The van der Waals surface area contributed by atoms with E-state index in [1.54, 1.807) is 17.0 Å². The fourth-order valence-electron chi connectivity index (χ4n) is 5.20. The van der Waals surface area contributed by atoms with Crippen molar-refractivity contribution in [3.8, 4) is 17.2 Å². The molecule has 0 bridgehead atoms. The Morgan fingerprint density at radius 1 is 1.09 bits per heavy atom. The Labute approximate surface area is 198 Å². The van der Waals surface area contributed by atoms with Crippen LogP contribution in [-0.4, -0.2) is 44.7 Å². The highest BCUT2D eigenvalue weighted by Crippen LogP contribution is 2.42. The molecule has 0 saturated carbocycles. The number of benzene rings is 2. The fourth-order valence-corrected chi connectivity index (χ4v) is 5.20. The number of nitrogens with one attached hydrogen (secondary N) is 2. The first-order valence-electron chi connectivity index (χ1n) is 11.5. The van der Waals surface area contributed by atoms with E-state index in [1.807, 2.05) is 12.1 Å². The quantitative estimate of drug-likeness (QED) is 0.581. The number of H-pyrrole nitrogens is 1. The van der Waals surface area contributed by atoms with E-state index in [9.17, 15) is 9.59 Å². The lowest BCUT2D eigenvalue weighted by atomic mass is 9.91. The summed E-state index contributed by atoms with van der Waals surface area (Å²) in [4.78, 5) is 31.2. The third kappa shape index (κ3) is 3.73. The summed E-state index contributed by atoms with van der Waals surface area (Å²) in [6.45, 7) is 0.301. The zero-order valence-corrected chi connectivity index (χ0v) is 19.6. The van der Waals surface area contributed by atoms with Crippen LogP contribution >= 0.6 is 0 Å². The molecular weight excluding hydrogens is 434 g/mol. The average molecular weight is 464 g/mol. The number of para-hydroxylation sites is 1. The average Bonchev–Trinajstić information content (AvgIpc) is 3.44. The van der Waals surface area contributed by atoms with Gasteiger partial charge in [-0.25, -0.2) is 0 Å². The van der Waals surface area contributed by atoms with Crippen LogP contribution in [0.2, 0.25) is 0 Å². The Morgan fingerprint density at radius 2 is 1.82 bits per heavy atom. The molecule has 0 spiro atoms. The van der Waals surface area contributed by atoms with Crippen LogP contribution in [-0.2, 0) is 16.0 Å². The number of amides is 2. The second-order valence-electron chi connectivity index (χ2n) is 8.81. The van der Waals surface area contributed by atoms with Crippen LogP contribution in [0.3, 0.4) is 0 Å². The van der Waals surface area contributed by atoms with Gasteiger partial charge in [0.2, 0.25) is 17.6 Å². The van der Waals surface area contributed by atoms with Gasteiger partial charge < -0.3 is 29.4 Å². The number of fused-ring (bicyclic) bond motifs is 3. The van der Waals surface area contributed by atoms with Gasteiger partial charge in [0, 0.05) is 41.7 Å². The maximum Gasteiger partial charge on any atom is 0.227 e. The highest BCUT2D eigenvalue weighted by molar-refractivity contribution is 6.01. The molecule has 1 saturated heterocycles. The first-order chi connectivity index (χ1) is 16.5. The number of aromatic nitrogens is 1. The minimum absolute atomic E-state index is 0.0750. The number of anilines is 1. The number of hydrogen-bond acceptors (Lipinski definition) is 5. The number of carbonyl (C=O) groups excluding carboxylic acids is 2. The van der Waals surface area contributed by atoms with Crippen LogP contribution in [0.1, 0.15) is 36.6 Å². The molecule has 2 atom stereocenters. The normalized spacial score (nSPS) is 19.7. The summed E-state index contributed by atoms with van der Waals surface area (Å²) in [6.07, 6.45) is 3.06. The van der Waals surface area contributed by atoms with Crippen molar-refractivity contribution in [3.63, 3.8) is 0 Å². The predicted octanol–water partition coefficient (Wildman–Crippen LogP) is 3.74. The molecule has 2 heterocycles. The third-order valence-corrected chi connectivity index (χ3v) is 6.89. The molecule has 8 heteroatoms. The SMILES string of the molecule is COc1cc(N2C[C@H](C(=O)N[C@@H]3CCCc4c3[nH]c3ccccc43)CC2=O)cc(OC)c1OC. The summed E-state index contributed by atoms with van der Waals surface area (Å²) >= 11 is 0. The number of nitrogens with zero attached hydrogens (tertiary/aromatic N) is 1. The van der Waals surface area contributed by atoms with E-state index in [0.29, 0.717) is 29.5 Å². The predicted molar refractivity (Wildman–Crippen MR) is 129 cm³/mol. The summed E-state index contributed by atoms with van der Waals surface area (Å²) in [7, 11) is 4.60. The van der Waals surface area contributed by atoms with Crippen molar-refractivity contribution < 1.29 is 23.8 Å². The molecule has 178 valence electrons. The van der Waals surface area contributed by atoms with Gasteiger partial charge in [0.1, 0.15) is 0 Å². The zero-order chi connectivity index (χ0) is 23.8. The molecule has 2 amide bonds. The maximum atomic E-state index is 13.2. The monoisotopic (exact) mass is 463 g/mol. The molecule has 1 aliphatic heterocycles. The number of carbonyl (C=O) groups is 2. The lowest BCUT2D eigenvalue weighted by Gasteiger charge is -2.25. The lowest BCUT2D eigenvalue weighted by Crippen LogP contribution is -2.37. The van der Waals surface area contributed by atoms with Gasteiger partial charge in [0.15, 0.2) is 11.5 Å². The zero-order valence-electron chi connectivity index (χ0n) is 19.6. The van der Waals surface area contributed by atoms with Gasteiger partial charge in [0.05, 0.1) is 39.0 Å². The van der Waals surface area contributed by atoms with Gasteiger partial charge in [-0.05, 0) is 30.9 Å². The Morgan fingerprint density at radius 3 is 2.53 bits per heavy atom. The summed E-state index contributed by atoms with van der Waals surface area (Å²) < 4.78 is 16.2. The highest BCUT2D eigenvalue weighted by atomic mass is 16.5. The first kappa shape index (κ1) is 22.1. The molecule has 0 unspecified atom stereocenters. The van der Waals surface area contributed by atoms with Crippen LogP contribution in [0.15, 0.2) is 36.4 Å². The molecule has 2 aliphatic rings. The van der Waals surface area contributed by atoms with E-state index in [1.165, 1.54) is 32.3 Å². The number of methoxy groups -OCH3 is 3. The van der Waals surface area contributed by atoms with Crippen LogP contribution in [0.25, 0.3) is 10.9 Å². The Balaban J connectivity index is 1.34. The Kier molecular flexibility index (Phi) is 5.81. The summed E-state index contributed by atoms with van der Waals surface area (Å²) in [5.41, 5.74) is 4.09. The molecule has 2 N–H and O–H groups in total. The topological polar surface area (TPSA) is 92.9 Å². The van der Waals surface area contributed by atoms with Gasteiger partial charge in [0.25, 0.3) is 0 Å². The van der Waals surface area contributed by atoms with Crippen molar-refractivity contribution >= 4 is 28.4 Å². The van der Waals surface area contributed by atoms with Gasteiger partial charge in [-0.2, -0.15) is 0 Å². The highest BCUT2D eigenvalue weighted by Gasteiger charge is 2.37. The Bertz CT molecular complexity index is 1230. The minimum atomic E-state index is -0.429. The molecule has 1 fully saturated rings. The molecular formula is C26H29N3O5. The summed E-state index contributed by atoms with van der Waals surface area (Å²) in [6, 6.07) is 11.6. The van der Waals surface area contributed by atoms with Crippen molar-refractivity contribution in [2.24, 2.45) is 5.92 Å².